The molecule has 76 valence electrons. The van der Waals surface area contributed by atoms with Crippen LogP contribution < -0.4 is 0 Å². The Hall–Kier alpha value is -1.68. The lowest BCUT2D eigenvalue weighted by Crippen LogP contribution is -1.97. The highest BCUT2D eigenvalue weighted by molar-refractivity contribution is 6.30. The quantitative estimate of drug-likeness (QED) is 0.735. The van der Waals surface area contributed by atoms with Crippen LogP contribution in [0.1, 0.15) is 10.4 Å². The maximum absolute atomic E-state index is 13.4. The van der Waals surface area contributed by atoms with E-state index in [1.807, 2.05) is 0 Å². The van der Waals surface area contributed by atoms with Gasteiger partial charge in [-0.15, -0.1) is 0 Å². The van der Waals surface area contributed by atoms with E-state index in [-0.39, 0.29) is 5.69 Å². The minimum atomic E-state index is -0.444. The molecule has 2 rings (SSSR count). The van der Waals surface area contributed by atoms with Gasteiger partial charge in [-0.3, -0.25) is 4.79 Å². The van der Waals surface area contributed by atoms with Gasteiger partial charge in [-0.05, 0) is 18.2 Å². The van der Waals surface area contributed by atoms with Crippen LogP contribution >= 0.6 is 11.6 Å². The predicted molar refractivity (Wildman–Crippen MR) is 53.9 cm³/mol. The van der Waals surface area contributed by atoms with Crippen LogP contribution in [-0.2, 0) is 0 Å². The molecule has 0 amide bonds. The molecular formula is C10H6ClFN2O. The van der Waals surface area contributed by atoms with Crippen molar-refractivity contribution in [3.8, 4) is 5.69 Å². The van der Waals surface area contributed by atoms with Crippen molar-refractivity contribution in [2.75, 3.05) is 0 Å². The summed E-state index contributed by atoms with van der Waals surface area (Å²) >= 11 is 5.73. The van der Waals surface area contributed by atoms with Gasteiger partial charge < -0.3 is 0 Å². The molecule has 0 saturated carbocycles. The molecule has 5 heteroatoms. The molecule has 0 fully saturated rings. The van der Waals surface area contributed by atoms with Gasteiger partial charge in [0, 0.05) is 11.2 Å². The van der Waals surface area contributed by atoms with Crippen LogP contribution in [0.5, 0.6) is 0 Å². The summed E-state index contributed by atoms with van der Waals surface area (Å²) in [6.45, 7) is 0. The van der Waals surface area contributed by atoms with E-state index in [1.165, 1.54) is 35.3 Å². The van der Waals surface area contributed by atoms with Crippen LogP contribution in [0.4, 0.5) is 4.39 Å². The number of benzene rings is 1. The third kappa shape index (κ3) is 1.89. The topological polar surface area (TPSA) is 34.9 Å². The first kappa shape index (κ1) is 9.86. The second kappa shape index (κ2) is 3.82. The molecule has 0 atom stereocenters. The van der Waals surface area contributed by atoms with Gasteiger partial charge in [0.15, 0.2) is 6.29 Å². The van der Waals surface area contributed by atoms with Crippen molar-refractivity contribution < 1.29 is 9.18 Å². The number of halogens is 2. The molecule has 3 nitrogen and oxygen atoms in total. The highest BCUT2D eigenvalue weighted by atomic mass is 35.5. The number of rotatable bonds is 2. The van der Waals surface area contributed by atoms with Gasteiger partial charge in [0.05, 0.1) is 11.8 Å². The molecule has 0 spiro atoms. The standard InChI is InChI=1S/C10H6ClFN2O/c11-8-1-2-9(12)10(3-8)14-5-7(6-15)4-13-14/h1-6H. The molecule has 2 aromatic rings. The van der Waals surface area contributed by atoms with Gasteiger partial charge in [-0.2, -0.15) is 5.10 Å². The Morgan fingerprint density at radius 2 is 2.27 bits per heavy atom. The summed E-state index contributed by atoms with van der Waals surface area (Å²) in [5.41, 5.74) is 0.602. The van der Waals surface area contributed by atoms with E-state index in [4.69, 9.17) is 11.6 Å². The van der Waals surface area contributed by atoms with E-state index in [2.05, 4.69) is 5.10 Å². The highest BCUT2D eigenvalue weighted by Gasteiger charge is 2.06. The van der Waals surface area contributed by atoms with E-state index in [9.17, 15) is 9.18 Å². The molecule has 0 N–H and O–H groups in total. The average molecular weight is 225 g/mol. The minimum absolute atomic E-state index is 0.218. The summed E-state index contributed by atoms with van der Waals surface area (Å²) in [6, 6.07) is 4.14. The smallest absolute Gasteiger partial charge is 0.153 e. The van der Waals surface area contributed by atoms with Crippen LogP contribution in [0.25, 0.3) is 5.69 Å². The van der Waals surface area contributed by atoms with Crippen LogP contribution in [0.3, 0.4) is 0 Å². The largest absolute Gasteiger partial charge is 0.298 e. The summed E-state index contributed by atoms with van der Waals surface area (Å²) in [5, 5.41) is 4.26. The zero-order valence-electron chi connectivity index (χ0n) is 7.52. The molecule has 0 saturated heterocycles. The number of carbonyl (C=O) groups is 1. The van der Waals surface area contributed by atoms with E-state index < -0.39 is 5.82 Å². The maximum Gasteiger partial charge on any atom is 0.153 e. The molecule has 0 aliphatic heterocycles. The van der Waals surface area contributed by atoms with Gasteiger partial charge in [-0.1, -0.05) is 11.6 Å². The maximum atomic E-state index is 13.4. The van der Waals surface area contributed by atoms with Gasteiger partial charge >= 0.3 is 0 Å². The van der Waals surface area contributed by atoms with Gasteiger partial charge in [0.2, 0.25) is 0 Å². The fourth-order valence-corrected chi connectivity index (χ4v) is 1.36. The third-order valence-electron chi connectivity index (χ3n) is 1.89. The summed E-state index contributed by atoms with van der Waals surface area (Å²) in [4.78, 5) is 10.4. The molecule has 1 heterocycles. The Morgan fingerprint density at radius 1 is 1.47 bits per heavy atom. The molecule has 0 aliphatic rings. The second-order valence-electron chi connectivity index (χ2n) is 2.93. The van der Waals surface area contributed by atoms with Crippen molar-refractivity contribution in [2.24, 2.45) is 0 Å². The Morgan fingerprint density at radius 3 is 2.93 bits per heavy atom. The van der Waals surface area contributed by atoms with E-state index in [0.29, 0.717) is 16.9 Å². The number of hydrogen-bond acceptors (Lipinski definition) is 2. The predicted octanol–water partition coefficient (Wildman–Crippen LogP) is 2.48. The molecule has 1 aromatic heterocycles. The third-order valence-corrected chi connectivity index (χ3v) is 2.13. The zero-order valence-corrected chi connectivity index (χ0v) is 8.28. The lowest BCUT2D eigenvalue weighted by atomic mass is 10.3. The van der Waals surface area contributed by atoms with Crippen molar-refractivity contribution >= 4 is 17.9 Å². The number of hydrogen-bond donors (Lipinski definition) is 0. The van der Waals surface area contributed by atoms with Crippen LogP contribution in [0.2, 0.25) is 5.02 Å². The summed E-state index contributed by atoms with van der Waals surface area (Å²) in [7, 11) is 0. The van der Waals surface area contributed by atoms with E-state index in [1.54, 1.807) is 0 Å². The first-order valence-electron chi connectivity index (χ1n) is 4.16. The molecule has 0 radical (unpaired) electrons. The monoisotopic (exact) mass is 224 g/mol. The van der Waals surface area contributed by atoms with Crippen molar-refractivity contribution in [3.63, 3.8) is 0 Å². The Bertz CT molecular complexity index is 510. The fourth-order valence-electron chi connectivity index (χ4n) is 1.19. The molecule has 1 aromatic carbocycles. The fraction of sp³-hybridized carbons (Fsp3) is 0. The van der Waals surface area contributed by atoms with Crippen LogP contribution in [0.15, 0.2) is 30.6 Å². The van der Waals surface area contributed by atoms with E-state index in [0.717, 1.165) is 0 Å². The summed E-state index contributed by atoms with van der Waals surface area (Å²) < 4.78 is 14.6. The van der Waals surface area contributed by atoms with Crippen molar-refractivity contribution in [1.29, 1.82) is 0 Å². The van der Waals surface area contributed by atoms with Crippen molar-refractivity contribution in [3.05, 3.63) is 47.0 Å². The number of carbonyl (C=O) groups excluding carboxylic acids is 1. The van der Waals surface area contributed by atoms with Crippen molar-refractivity contribution in [2.45, 2.75) is 0 Å². The van der Waals surface area contributed by atoms with Gasteiger partial charge in [0.1, 0.15) is 11.5 Å². The molecule has 0 aliphatic carbocycles. The highest BCUT2D eigenvalue weighted by Crippen LogP contribution is 2.18. The number of nitrogens with zero attached hydrogens (tertiary/aromatic N) is 2. The van der Waals surface area contributed by atoms with Gasteiger partial charge in [0.25, 0.3) is 0 Å². The van der Waals surface area contributed by atoms with E-state index >= 15 is 0 Å². The lowest BCUT2D eigenvalue weighted by Gasteiger charge is -2.02. The Kier molecular flexibility index (Phi) is 2.51. The SMILES string of the molecule is O=Cc1cnn(-c2cc(Cl)ccc2F)c1. The Labute approximate surface area is 90.1 Å². The first-order valence-corrected chi connectivity index (χ1v) is 4.54. The minimum Gasteiger partial charge on any atom is -0.298 e. The first-order chi connectivity index (χ1) is 7.20. The number of aromatic nitrogens is 2. The van der Waals surface area contributed by atoms with Gasteiger partial charge in [-0.25, -0.2) is 9.07 Å². The lowest BCUT2D eigenvalue weighted by molar-refractivity contribution is 0.112. The van der Waals surface area contributed by atoms with Crippen LogP contribution in [-0.4, -0.2) is 16.1 Å². The molecule has 0 bridgehead atoms. The summed E-state index contributed by atoms with van der Waals surface area (Å²) in [6.07, 6.45) is 3.43. The average Bonchev–Trinajstić information content (AvgIpc) is 2.70. The zero-order chi connectivity index (χ0) is 10.8. The van der Waals surface area contributed by atoms with Crippen molar-refractivity contribution in [1.82, 2.24) is 9.78 Å². The molecule has 0 unspecified atom stereocenters. The second-order valence-corrected chi connectivity index (χ2v) is 3.37. The normalized spacial score (nSPS) is 10.3. The molecule has 15 heavy (non-hydrogen) atoms. The summed E-state index contributed by atoms with van der Waals surface area (Å²) in [5.74, 6) is -0.444. The Balaban J connectivity index is 2.52. The molecular weight excluding hydrogens is 219 g/mol. The number of aldehydes is 1. The van der Waals surface area contributed by atoms with Crippen LogP contribution in [0, 0.1) is 5.82 Å².